The van der Waals surface area contributed by atoms with Gasteiger partial charge in [0, 0.05) is 26.3 Å². The molecule has 4 nitrogen and oxygen atoms in total. The fourth-order valence-electron chi connectivity index (χ4n) is 2.60. The first kappa shape index (κ1) is 15.0. The second-order valence-electron chi connectivity index (χ2n) is 5.42. The molecule has 1 aliphatic rings. The van der Waals surface area contributed by atoms with Crippen molar-refractivity contribution in [2.24, 2.45) is 5.73 Å². The van der Waals surface area contributed by atoms with E-state index in [-0.39, 0.29) is 11.9 Å². The van der Waals surface area contributed by atoms with Crippen LogP contribution in [0.2, 0.25) is 0 Å². The molecular formula is C16H24N2O2. The molecule has 1 aromatic carbocycles. The van der Waals surface area contributed by atoms with Gasteiger partial charge in [0.2, 0.25) is 5.91 Å². The Bertz CT molecular complexity index is 416. The van der Waals surface area contributed by atoms with Crippen molar-refractivity contribution in [1.82, 2.24) is 4.90 Å². The minimum absolute atomic E-state index is 0.0489. The number of carbonyl (C=O) groups excluding carboxylic acids is 1. The fourth-order valence-corrected chi connectivity index (χ4v) is 2.60. The van der Waals surface area contributed by atoms with Crippen molar-refractivity contribution in [3.05, 3.63) is 35.9 Å². The van der Waals surface area contributed by atoms with Crippen LogP contribution in [-0.2, 0) is 16.0 Å². The Kier molecular flexibility index (Phi) is 5.56. The summed E-state index contributed by atoms with van der Waals surface area (Å²) in [6, 6.07) is 10.0. The lowest BCUT2D eigenvalue weighted by Crippen LogP contribution is -2.48. The van der Waals surface area contributed by atoms with Gasteiger partial charge in [-0.05, 0) is 31.2 Å². The number of hydrogen-bond acceptors (Lipinski definition) is 3. The van der Waals surface area contributed by atoms with Gasteiger partial charge in [-0.1, -0.05) is 30.3 Å². The number of nitrogens with zero attached hydrogens (tertiary/aromatic N) is 1. The highest BCUT2D eigenvalue weighted by molar-refractivity contribution is 5.81. The number of rotatable bonds is 5. The monoisotopic (exact) mass is 276 g/mol. The maximum Gasteiger partial charge on any atom is 0.239 e. The SMILES string of the molecule is CN(C(=O)C(N)CCc1ccccc1)C1CCOCC1. The van der Waals surface area contributed by atoms with E-state index in [9.17, 15) is 4.79 Å². The number of aryl methyl sites for hydroxylation is 1. The van der Waals surface area contributed by atoms with Gasteiger partial charge >= 0.3 is 0 Å². The number of ether oxygens (including phenoxy) is 1. The van der Waals surface area contributed by atoms with Crippen molar-refractivity contribution < 1.29 is 9.53 Å². The number of carbonyl (C=O) groups is 1. The predicted molar refractivity (Wildman–Crippen MR) is 79.3 cm³/mol. The number of amides is 1. The number of hydrogen-bond donors (Lipinski definition) is 1. The lowest BCUT2D eigenvalue weighted by atomic mass is 10.0. The van der Waals surface area contributed by atoms with Crippen LogP contribution in [0.25, 0.3) is 0 Å². The van der Waals surface area contributed by atoms with Crippen molar-refractivity contribution in [3.63, 3.8) is 0 Å². The topological polar surface area (TPSA) is 55.6 Å². The Morgan fingerprint density at radius 2 is 2.00 bits per heavy atom. The number of likely N-dealkylation sites (N-methyl/N-ethyl adjacent to an activating group) is 1. The van der Waals surface area contributed by atoms with Crippen LogP contribution in [0.1, 0.15) is 24.8 Å². The van der Waals surface area contributed by atoms with Crippen molar-refractivity contribution >= 4 is 5.91 Å². The average Bonchev–Trinajstić information content (AvgIpc) is 2.53. The normalized spacial score (nSPS) is 17.7. The van der Waals surface area contributed by atoms with Gasteiger partial charge in [0.25, 0.3) is 0 Å². The third-order valence-corrected chi connectivity index (χ3v) is 3.99. The molecule has 2 rings (SSSR count). The zero-order valence-corrected chi connectivity index (χ0v) is 12.1. The molecule has 2 N–H and O–H groups in total. The molecule has 0 radical (unpaired) electrons. The summed E-state index contributed by atoms with van der Waals surface area (Å²) in [5, 5.41) is 0. The van der Waals surface area contributed by atoms with E-state index in [4.69, 9.17) is 10.5 Å². The van der Waals surface area contributed by atoms with Gasteiger partial charge in [-0.15, -0.1) is 0 Å². The van der Waals surface area contributed by atoms with E-state index in [1.54, 1.807) is 0 Å². The first-order valence-electron chi connectivity index (χ1n) is 7.32. The van der Waals surface area contributed by atoms with Gasteiger partial charge in [-0.25, -0.2) is 0 Å². The van der Waals surface area contributed by atoms with Crippen molar-refractivity contribution in [3.8, 4) is 0 Å². The molecule has 4 heteroatoms. The van der Waals surface area contributed by atoms with Crippen LogP contribution in [0.4, 0.5) is 0 Å². The lowest BCUT2D eigenvalue weighted by molar-refractivity contribution is -0.135. The first-order chi connectivity index (χ1) is 9.68. The molecule has 0 spiro atoms. The molecule has 0 aromatic heterocycles. The Morgan fingerprint density at radius 3 is 2.65 bits per heavy atom. The summed E-state index contributed by atoms with van der Waals surface area (Å²) in [6.45, 7) is 1.48. The summed E-state index contributed by atoms with van der Waals surface area (Å²) in [7, 11) is 1.86. The third kappa shape index (κ3) is 4.05. The molecule has 1 atom stereocenters. The van der Waals surface area contributed by atoms with Gasteiger partial charge in [0.1, 0.15) is 0 Å². The molecule has 1 aliphatic heterocycles. The summed E-state index contributed by atoms with van der Waals surface area (Å²) in [6.07, 6.45) is 3.35. The zero-order chi connectivity index (χ0) is 14.4. The van der Waals surface area contributed by atoms with Crippen molar-refractivity contribution in [2.75, 3.05) is 20.3 Å². The van der Waals surface area contributed by atoms with Crippen LogP contribution in [0.3, 0.4) is 0 Å². The first-order valence-corrected chi connectivity index (χ1v) is 7.32. The smallest absolute Gasteiger partial charge is 0.239 e. The van der Waals surface area contributed by atoms with Gasteiger partial charge < -0.3 is 15.4 Å². The minimum atomic E-state index is -0.414. The molecule has 1 aromatic rings. The van der Waals surface area contributed by atoms with E-state index in [1.807, 2.05) is 30.1 Å². The summed E-state index contributed by atoms with van der Waals surface area (Å²) in [5.74, 6) is 0.0489. The molecule has 110 valence electrons. The molecule has 1 heterocycles. The molecule has 1 unspecified atom stereocenters. The number of nitrogens with two attached hydrogens (primary N) is 1. The van der Waals surface area contributed by atoms with E-state index in [0.717, 1.165) is 32.5 Å². The predicted octanol–water partition coefficient (Wildman–Crippen LogP) is 1.58. The quantitative estimate of drug-likeness (QED) is 0.888. The maximum absolute atomic E-state index is 12.3. The highest BCUT2D eigenvalue weighted by Gasteiger charge is 2.25. The van der Waals surface area contributed by atoms with Crippen LogP contribution in [-0.4, -0.2) is 43.2 Å². The second kappa shape index (κ2) is 7.41. The Morgan fingerprint density at radius 1 is 1.35 bits per heavy atom. The Balaban J connectivity index is 1.81. The van der Waals surface area contributed by atoms with Crippen LogP contribution < -0.4 is 5.73 Å². The van der Waals surface area contributed by atoms with E-state index < -0.39 is 6.04 Å². The molecule has 0 bridgehead atoms. The maximum atomic E-state index is 12.3. The van der Waals surface area contributed by atoms with Crippen LogP contribution in [0, 0.1) is 0 Å². The highest BCUT2D eigenvalue weighted by atomic mass is 16.5. The average molecular weight is 276 g/mol. The Hall–Kier alpha value is -1.39. The third-order valence-electron chi connectivity index (χ3n) is 3.99. The van der Waals surface area contributed by atoms with Gasteiger partial charge in [-0.3, -0.25) is 4.79 Å². The van der Waals surface area contributed by atoms with Crippen LogP contribution >= 0.6 is 0 Å². The summed E-state index contributed by atoms with van der Waals surface area (Å²) >= 11 is 0. The van der Waals surface area contributed by atoms with Crippen molar-refractivity contribution in [2.45, 2.75) is 37.8 Å². The second-order valence-corrected chi connectivity index (χ2v) is 5.42. The Labute approximate surface area is 120 Å². The summed E-state index contributed by atoms with van der Waals surface area (Å²) in [4.78, 5) is 14.1. The molecule has 0 saturated carbocycles. The summed E-state index contributed by atoms with van der Waals surface area (Å²) < 4.78 is 5.33. The molecular weight excluding hydrogens is 252 g/mol. The molecule has 1 amide bonds. The molecule has 1 fully saturated rings. The van der Waals surface area contributed by atoms with E-state index in [1.165, 1.54) is 5.56 Å². The summed E-state index contributed by atoms with van der Waals surface area (Å²) in [5.41, 5.74) is 7.28. The standard InChI is InChI=1S/C16H24N2O2/c1-18(14-9-11-20-12-10-14)16(19)15(17)8-7-13-5-3-2-4-6-13/h2-6,14-15H,7-12,17H2,1H3. The molecule has 20 heavy (non-hydrogen) atoms. The van der Waals surface area contributed by atoms with Crippen molar-refractivity contribution in [1.29, 1.82) is 0 Å². The highest BCUT2D eigenvalue weighted by Crippen LogP contribution is 2.14. The number of benzene rings is 1. The minimum Gasteiger partial charge on any atom is -0.381 e. The van der Waals surface area contributed by atoms with E-state index in [2.05, 4.69) is 12.1 Å². The van der Waals surface area contributed by atoms with Crippen LogP contribution in [0.5, 0.6) is 0 Å². The van der Waals surface area contributed by atoms with Gasteiger partial charge in [0.15, 0.2) is 0 Å². The van der Waals surface area contributed by atoms with E-state index >= 15 is 0 Å². The fraction of sp³-hybridized carbons (Fsp3) is 0.562. The van der Waals surface area contributed by atoms with Crippen LogP contribution in [0.15, 0.2) is 30.3 Å². The van der Waals surface area contributed by atoms with E-state index in [0.29, 0.717) is 6.42 Å². The zero-order valence-electron chi connectivity index (χ0n) is 12.1. The van der Waals surface area contributed by atoms with Gasteiger partial charge in [0.05, 0.1) is 6.04 Å². The molecule has 1 saturated heterocycles. The largest absolute Gasteiger partial charge is 0.381 e. The molecule has 0 aliphatic carbocycles. The van der Waals surface area contributed by atoms with Gasteiger partial charge in [-0.2, -0.15) is 0 Å². The lowest BCUT2D eigenvalue weighted by Gasteiger charge is -2.32.